The Bertz CT molecular complexity index is 532. The molecule has 3 nitrogen and oxygen atoms in total. The highest BCUT2D eigenvalue weighted by molar-refractivity contribution is 6.30. The standard InChI is InChI=1S/C15H16ClNO2/c1-17-14-11(3-2-4-13(14)15(18)19)9-10-5-7-12(16)8-6-10/h5-9,13H,2-4H2,1H3,(H,18,19)/b11-9+,17-14?. The van der Waals surface area contributed by atoms with Crippen LogP contribution in [0.4, 0.5) is 0 Å². The van der Waals surface area contributed by atoms with Crippen molar-refractivity contribution in [2.24, 2.45) is 10.9 Å². The van der Waals surface area contributed by atoms with Crippen LogP contribution in [0.15, 0.2) is 34.8 Å². The van der Waals surface area contributed by atoms with E-state index in [1.807, 2.05) is 30.3 Å². The van der Waals surface area contributed by atoms with Crippen LogP contribution in [-0.4, -0.2) is 23.8 Å². The number of carboxylic acid groups (broad SMARTS) is 1. The molecule has 0 aliphatic heterocycles. The minimum atomic E-state index is -0.790. The molecule has 0 radical (unpaired) electrons. The highest BCUT2D eigenvalue weighted by atomic mass is 35.5. The van der Waals surface area contributed by atoms with Gasteiger partial charge in [0.1, 0.15) is 0 Å². The SMILES string of the molecule is CN=C1/C(=C/c2ccc(Cl)cc2)CCCC1C(=O)O. The molecule has 2 rings (SSSR count). The van der Waals surface area contributed by atoms with Crippen LogP contribution in [0.5, 0.6) is 0 Å². The van der Waals surface area contributed by atoms with Gasteiger partial charge in [-0.05, 0) is 48.6 Å². The van der Waals surface area contributed by atoms with Crippen molar-refractivity contribution in [1.29, 1.82) is 0 Å². The lowest BCUT2D eigenvalue weighted by atomic mass is 9.82. The smallest absolute Gasteiger partial charge is 0.312 e. The van der Waals surface area contributed by atoms with E-state index in [4.69, 9.17) is 11.6 Å². The Balaban J connectivity index is 2.32. The van der Waals surface area contributed by atoms with Gasteiger partial charge in [-0.3, -0.25) is 9.79 Å². The number of rotatable bonds is 2. The lowest BCUT2D eigenvalue weighted by Crippen LogP contribution is -2.28. The van der Waals surface area contributed by atoms with Crippen LogP contribution >= 0.6 is 11.6 Å². The Morgan fingerprint density at radius 3 is 2.68 bits per heavy atom. The molecular formula is C15H16ClNO2. The summed E-state index contributed by atoms with van der Waals surface area (Å²) in [5, 5.41) is 9.93. The predicted octanol–water partition coefficient (Wildman–Crippen LogP) is 3.68. The summed E-state index contributed by atoms with van der Waals surface area (Å²) in [5.74, 6) is -1.26. The van der Waals surface area contributed by atoms with Crippen LogP contribution in [0.1, 0.15) is 24.8 Å². The van der Waals surface area contributed by atoms with Crippen molar-refractivity contribution in [3.63, 3.8) is 0 Å². The molecule has 1 aromatic carbocycles. The van der Waals surface area contributed by atoms with Gasteiger partial charge in [0, 0.05) is 12.1 Å². The van der Waals surface area contributed by atoms with Gasteiger partial charge in [-0.25, -0.2) is 0 Å². The zero-order chi connectivity index (χ0) is 13.8. The third-order valence-electron chi connectivity index (χ3n) is 3.35. The molecule has 1 saturated carbocycles. The molecule has 0 aromatic heterocycles. The van der Waals surface area contributed by atoms with E-state index in [-0.39, 0.29) is 0 Å². The topological polar surface area (TPSA) is 49.7 Å². The van der Waals surface area contributed by atoms with E-state index in [1.165, 1.54) is 0 Å². The number of aliphatic imine (C=N–C) groups is 1. The molecule has 1 aliphatic carbocycles. The zero-order valence-corrected chi connectivity index (χ0v) is 11.5. The summed E-state index contributed by atoms with van der Waals surface area (Å²) in [7, 11) is 1.66. The summed E-state index contributed by atoms with van der Waals surface area (Å²) in [6.07, 6.45) is 4.43. The monoisotopic (exact) mass is 277 g/mol. The van der Waals surface area contributed by atoms with Crippen molar-refractivity contribution in [2.45, 2.75) is 19.3 Å². The van der Waals surface area contributed by atoms with Crippen molar-refractivity contribution in [2.75, 3.05) is 7.05 Å². The third-order valence-corrected chi connectivity index (χ3v) is 3.60. The number of carbonyl (C=O) groups is 1. The quantitative estimate of drug-likeness (QED) is 0.896. The van der Waals surface area contributed by atoms with E-state index < -0.39 is 11.9 Å². The van der Waals surface area contributed by atoms with Crippen molar-refractivity contribution >= 4 is 29.4 Å². The van der Waals surface area contributed by atoms with Gasteiger partial charge in [-0.1, -0.05) is 23.7 Å². The lowest BCUT2D eigenvalue weighted by Gasteiger charge is -2.23. The summed E-state index contributed by atoms with van der Waals surface area (Å²) < 4.78 is 0. The Morgan fingerprint density at radius 2 is 2.11 bits per heavy atom. The number of aliphatic carboxylic acids is 1. The van der Waals surface area contributed by atoms with E-state index in [0.717, 1.165) is 24.0 Å². The van der Waals surface area contributed by atoms with Crippen LogP contribution in [0.25, 0.3) is 6.08 Å². The molecule has 1 atom stereocenters. The molecule has 1 fully saturated rings. The Kier molecular flexibility index (Phi) is 4.38. The summed E-state index contributed by atoms with van der Waals surface area (Å²) >= 11 is 5.85. The van der Waals surface area contributed by atoms with Crippen LogP contribution in [0.2, 0.25) is 5.02 Å². The van der Waals surface area contributed by atoms with Gasteiger partial charge in [0.05, 0.1) is 11.6 Å². The van der Waals surface area contributed by atoms with Gasteiger partial charge in [0.25, 0.3) is 0 Å². The number of allylic oxidation sites excluding steroid dienone is 1. The average Bonchev–Trinajstić information content (AvgIpc) is 2.41. The van der Waals surface area contributed by atoms with Gasteiger partial charge in [-0.2, -0.15) is 0 Å². The average molecular weight is 278 g/mol. The normalized spacial score (nSPS) is 23.8. The number of carboxylic acids is 1. The highest BCUT2D eigenvalue weighted by Gasteiger charge is 2.29. The molecule has 1 N–H and O–H groups in total. The van der Waals surface area contributed by atoms with Crippen LogP contribution in [-0.2, 0) is 4.79 Å². The fourth-order valence-electron chi connectivity index (χ4n) is 2.43. The summed E-state index contributed by atoms with van der Waals surface area (Å²) in [5.41, 5.74) is 2.74. The van der Waals surface area contributed by atoms with Gasteiger partial charge < -0.3 is 5.11 Å². The largest absolute Gasteiger partial charge is 0.481 e. The number of hydrogen-bond acceptors (Lipinski definition) is 2. The molecule has 1 aromatic rings. The van der Waals surface area contributed by atoms with Gasteiger partial charge >= 0.3 is 5.97 Å². The molecular weight excluding hydrogens is 262 g/mol. The maximum absolute atomic E-state index is 11.2. The molecule has 0 amide bonds. The first-order valence-corrected chi connectivity index (χ1v) is 6.65. The maximum atomic E-state index is 11.2. The van der Waals surface area contributed by atoms with Crippen molar-refractivity contribution in [3.8, 4) is 0 Å². The van der Waals surface area contributed by atoms with Crippen molar-refractivity contribution in [3.05, 3.63) is 40.4 Å². The van der Waals surface area contributed by atoms with E-state index in [2.05, 4.69) is 4.99 Å². The molecule has 0 heterocycles. The van der Waals surface area contributed by atoms with Crippen LogP contribution < -0.4 is 0 Å². The predicted molar refractivity (Wildman–Crippen MR) is 77.8 cm³/mol. The maximum Gasteiger partial charge on any atom is 0.312 e. The van der Waals surface area contributed by atoms with Gasteiger partial charge in [0.15, 0.2) is 0 Å². The van der Waals surface area contributed by atoms with E-state index in [0.29, 0.717) is 17.2 Å². The molecule has 100 valence electrons. The number of halogens is 1. The highest BCUT2D eigenvalue weighted by Crippen LogP contribution is 2.28. The Labute approximate surface area is 117 Å². The molecule has 0 bridgehead atoms. The molecule has 4 heteroatoms. The fraction of sp³-hybridized carbons (Fsp3) is 0.333. The minimum absolute atomic E-state index is 0.475. The second-order valence-corrected chi connectivity index (χ2v) is 5.05. The van der Waals surface area contributed by atoms with Crippen LogP contribution in [0, 0.1) is 5.92 Å². The zero-order valence-electron chi connectivity index (χ0n) is 10.8. The summed E-state index contributed by atoms with van der Waals surface area (Å²) in [6, 6.07) is 7.50. The Hall–Kier alpha value is -1.61. The minimum Gasteiger partial charge on any atom is -0.481 e. The van der Waals surface area contributed by atoms with Gasteiger partial charge in [0.2, 0.25) is 0 Å². The number of hydrogen-bond donors (Lipinski definition) is 1. The molecule has 0 spiro atoms. The first-order valence-electron chi connectivity index (χ1n) is 6.28. The van der Waals surface area contributed by atoms with Crippen molar-refractivity contribution in [1.82, 2.24) is 0 Å². The first kappa shape index (κ1) is 13.8. The number of nitrogens with zero attached hydrogens (tertiary/aromatic N) is 1. The second-order valence-electron chi connectivity index (χ2n) is 4.61. The van der Waals surface area contributed by atoms with E-state index in [1.54, 1.807) is 7.05 Å². The molecule has 0 saturated heterocycles. The molecule has 19 heavy (non-hydrogen) atoms. The first-order chi connectivity index (χ1) is 9.11. The summed E-state index contributed by atoms with van der Waals surface area (Å²) in [4.78, 5) is 15.4. The van der Waals surface area contributed by atoms with Crippen molar-refractivity contribution < 1.29 is 9.90 Å². The number of benzene rings is 1. The Morgan fingerprint density at radius 1 is 1.42 bits per heavy atom. The lowest BCUT2D eigenvalue weighted by molar-refractivity contribution is -0.139. The molecule has 1 aliphatic rings. The molecule has 1 unspecified atom stereocenters. The summed E-state index contributed by atoms with van der Waals surface area (Å²) in [6.45, 7) is 0. The fourth-order valence-corrected chi connectivity index (χ4v) is 2.56. The van der Waals surface area contributed by atoms with Crippen LogP contribution in [0.3, 0.4) is 0 Å². The second kappa shape index (κ2) is 6.02. The van der Waals surface area contributed by atoms with E-state index in [9.17, 15) is 9.90 Å². The van der Waals surface area contributed by atoms with Gasteiger partial charge in [-0.15, -0.1) is 0 Å². The third kappa shape index (κ3) is 3.24. The van der Waals surface area contributed by atoms with E-state index >= 15 is 0 Å².